The first-order valence-electron chi connectivity index (χ1n) is 6.18. The average Bonchev–Trinajstić information content (AvgIpc) is 2.79. The molecule has 0 unspecified atom stereocenters. The molecule has 0 aliphatic heterocycles. The number of aromatic nitrogens is 4. The fourth-order valence-corrected chi connectivity index (χ4v) is 2.03. The van der Waals surface area contributed by atoms with Crippen molar-refractivity contribution < 1.29 is 4.74 Å². The molecule has 3 heterocycles. The van der Waals surface area contributed by atoms with Crippen LogP contribution in [-0.2, 0) is 0 Å². The molecule has 96 valence electrons. The zero-order valence-electron chi connectivity index (χ0n) is 10.8. The molecule has 3 aromatic heterocycles. The highest BCUT2D eigenvalue weighted by Gasteiger charge is 2.09. The molecule has 0 aromatic carbocycles. The number of nitrogens with zero attached hydrogens (tertiary/aromatic N) is 3. The van der Waals surface area contributed by atoms with Crippen LogP contribution in [0.4, 0.5) is 0 Å². The first kappa shape index (κ1) is 11.6. The average molecular weight is 254 g/mol. The van der Waals surface area contributed by atoms with Crippen molar-refractivity contribution >= 4 is 11.2 Å². The number of aryl methyl sites for hydroxylation is 1. The van der Waals surface area contributed by atoms with E-state index in [2.05, 4.69) is 19.9 Å². The summed E-state index contributed by atoms with van der Waals surface area (Å²) in [5, 5.41) is 0. The number of imidazole rings is 1. The van der Waals surface area contributed by atoms with Gasteiger partial charge in [-0.3, -0.25) is 0 Å². The number of rotatable bonds is 3. The first-order valence-corrected chi connectivity index (χ1v) is 6.18. The lowest BCUT2D eigenvalue weighted by Crippen LogP contribution is -1.96. The molecule has 19 heavy (non-hydrogen) atoms. The summed E-state index contributed by atoms with van der Waals surface area (Å²) in [6.45, 7) is 4.44. The minimum absolute atomic E-state index is 0.586. The fourth-order valence-electron chi connectivity index (χ4n) is 2.03. The number of H-pyrrole nitrogens is 1. The third-order valence-corrected chi connectivity index (χ3v) is 2.82. The Morgan fingerprint density at radius 3 is 3.05 bits per heavy atom. The number of hydrogen-bond acceptors (Lipinski definition) is 4. The van der Waals surface area contributed by atoms with Crippen molar-refractivity contribution in [2.24, 2.45) is 0 Å². The van der Waals surface area contributed by atoms with Gasteiger partial charge >= 0.3 is 0 Å². The van der Waals surface area contributed by atoms with Gasteiger partial charge in [-0.05, 0) is 32.0 Å². The van der Waals surface area contributed by atoms with E-state index in [1.807, 2.05) is 32.0 Å². The summed E-state index contributed by atoms with van der Waals surface area (Å²) in [7, 11) is 0. The van der Waals surface area contributed by atoms with Gasteiger partial charge in [0.15, 0.2) is 5.65 Å². The molecule has 0 radical (unpaired) electrons. The molecular formula is C14H14N4O. The smallest absolute Gasteiger partial charge is 0.221 e. The third kappa shape index (κ3) is 2.14. The monoisotopic (exact) mass is 254 g/mol. The molecule has 5 heteroatoms. The summed E-state index contributed by atoms with van der Waals surface area (Å²) in [5.41, 5.74) is 3.54. The second-order valence-corrected chi connectivity index (χ2v) is 4.21. The second kappa shape index (κ2) is 4.68. The number of pyridine rings is 2. The number of fused-ring (bicyclic) bond motifs is 1. The summed E-state index contributed by atoms with van der Waals surface area (Å²) >= 11 is 0. The highest BCUT2D eigenvalue weighted by Crippen LogP contribution is 2.28. The largest absolute Gasteiger partial charge is 0.478 e. The maximum Gasteiger partial charge on any atom is 0.221 e. The second-order valence-electron chi connectivity index (χ2n) is 4.21. The van der Waals surface area contributed by atoms with Gasteiger partial charge in [-0.25, -0.2) is 15.0 Å². The first-order chi connectivity index (χ1) is 9.28. The minimum Gasteiger partial charge on any atom is -0.478 e. The lowest BCUT2D eigenvalue weighted by molar-refractivity contribution is 0.328. The molecule has 0 fully saturated rings. The topological polar surface area (TPSA) is 63.7 Å². The molecule has 0 bridgehead atoms. The highest BCUT2D eigenvalue weighted by molar-refractivity contribution is 5.79. The van der Waals surface area contributed by atoms with E-state index in [1.165, 1.54) is 0 Å². The summed E-state index contributed by atoms with van der Waals surface area (Å²) in [6.07, 6.45) is 3.52. The lowest BCUT2D eigenvalue weighted by Gasteiger charge is -2.08. The number of hydrogen-bond donors (Lipinski definition) is 1. The van der Waals surface area contributed by atoms with E-state index in [1.54, 1.807) is 12.4 Å². The van der Waals surface area contributed by atoms with Crippen LogP contribution >= 0.6 is 0 Å². The van der Waals surface area contributed by atoms with Crippen molar-refractivity contribution in [3.63, 3.8) is 0 Å². The van der Waals surface area contributed by atoms with Gasteiger partial charge in [0.2, 0.25) is 5.88 Å². The van der Waals surface area contributed by atoms with Crippen LogP contribution in [0, 0.1) is 6.92 Å². The quantitative estimate of drug-likeness (QED) is 0.780. The Hall–Kier alpha value is -2.43. The van der Waals surface area contributed by atoms with Crippen molar-refractivity contribution in [1.82, 2.24) is 19.9 Å². The Morgan fingerprint density at radius 2 is 2.21 bits per heavy atom. The van der Waals surface area contributed by atoms with E-state index < -0.39 is 0 Å². The lowest BCUT2D eigenvalue weighted by atomic mass is 10.1. The summed E-state index contributed by atoms with van der Waals surface area (Å²) < 4.78 is 5.54. The van der Waals surface area contributed by atoms with Crippen LogP contribution in [0.25, 0.3) is 22.3 Å². The molecule has 3 aromatic rings. The number of ether oxygens (including phenoxy) is 1. The zero-order valence-corrected chi connectivity index (χ0v) is 10.8. The van der Waals surface area contributed by atoms with Gasteiger partial charge in [0, 0.05) is 23.5 Å². The Kier molecular flexibility index (Phi) is 2.87. The Bertz CT molecular complexity index is 720. The maximum absolute atomic E-state index is 5.54. The molecule has 0 atom stereocenters. The van der Waals surface area contributed by atoms with E-state index in [4.69, 9.17) is 4.74 Å². The maximum atomic E-state index is 5.54. The van der Waals surface area contributed by atoms with Crippen LogP contribution in [-0.4, -0.2) is 26.5 Å². The summed E-state index contributed by atoms with van der Waals surface area (Å²) in [5.74, 6) is 1.48. The van der Waals surface area contributed by atoms with Gasteiger partial charge in [-0.2, -0.15) is 0 Å². The molecule has 1 N–H and O–H groups in total. The van der Waals surface area contributed by atoms with Crippen molar-refractivity contribution in [2.45, 2.75) is 13.8 Å². The van der Waals surface area contributed by atoms with E-state index in [0.717, 1.165) is 28.1 Å². The highest BCUT2D eigenvalue weighted by atomic mass is 16.5. The van der Waals surface area contributed by atoms with Gasteiger partial charge in [0.1, 0.15) is 5.82 Å². The van der Waals surface area contributed by atoms with Gasteiger partial charge < -0.3 is 9.72 Å². The Labute approximate surface area is 110 Å². The number of aromatic amines is 1. The van der Waals surface area contributed by atoms with Crippen molar-refractivity contribution in [3.8, 4) is 17.0 Å². The molecule has 0 saturated heterocycles. The number of nitrogens with one attached hydrogen (secondary N) is 1. The molecule has 3 rings (SSSR count). The Morgan fingerprint density at radius 1 is 1.32 bits per heavy atom. The van der Waals surface area contributed by atoms with Crippen LogP contribution in [0.2, 0.25) is 0 Å². The van der Waals surface area contributed by atoms with E-state index in [-0.39, 0.29) is 0 Å². The normalized spacial score (nSPS) is 10.8. The van der Waals surface area contributed by atoms with Crippen LogP contribution in [0.1, 0.15) is 12.7 Å². The van der Waals surface area contributed by atoms with Crippen molar-refractivity contribution in [2.75, 3.05) is 6.61 Å². The standard InChI is InChI=1S/C14H14N4O/c1-3-19-14-11(5-4-6-15-14)10-7-12-13(16-8-10)18-9(2)17-12/h4-8H,3H2,1-2H3,(H,16,17,18). The molecular weight excluding hydrogens is 240 g/mol. The Balaban J connectivity index is 2.13. The predicted molar refractivity (Wildman–Crippen MR) is 73.0 cm³/mol. The molecule has 0 amide bonds. The fraction of sp³-hybridized carbons (Fsp3) is 0.214. The van der Waals surface area contributed by atoms with E-state index in [0.29, 0.717) is 12.5 Å². The van der Waals surface area contributed by atoms with E-state index in [9.17, 15) is 0 Å². The molecule has 0 spiro atoms. The van der Waals surface area contributed by atoms with Crippen LogP contribution in [0.15, 0.2) is 30.6 Å². The molecule has 0 saturated carbocycles. The van der Waals surface area contributed by atoms with Gasteiger partial charge in [0.05, 0.1) is 12.1 Å². The predicted octanol–water partition coefficient (Wildman–Crippen LogP) is 2.73. The summed E-state index contributed by atoms with van der Waals surface area (Å²) in [4.78, 5) is 16.1. The minimum atomic E-state index is 0.586. The third-order valence-electron chi connectivity index (χ3n) is 2.82. The zero-order chi connectivity index (χ0) is 13.2. The van der Waals surface area contributed by atoms with Crippen LogP contribution in [0.3, 0.4) is 0 Å². The molecule has 5 nitrogen and oxygen atoms in total. The SMILES string of the molecule is CCOc1ncccc1-c1cnc2nc(C)[nH]c2c1. The van der Waals surface area contributed by atoms with Crippen LogP contribution in [0.5, 0.6) is 5.88 Å². The van der Waals surface area contributed by atoms with Crippen molar-refractivity contribution in [1.29, 1.82) is 0 Å². The van der Waals surface area contributed by atoms with Crippen LogP contribution < -0.4 is 4.74 Å². The molecule has 0 aliphatic carbocycles. The van der Waals surface area contributed by atoms with Gasteiger partial charge in [0.25, 0.3) is 0 Å². The van der Waals surface area contributed by atoms with Crippen molar-refractivity contribution in [3.05, 3.63) is 36.4 Å². The van der Waals surface area contributed by atoms with E-state index >= 15 is 0 Å². The van der Waals surface area contributed by atoms with Gasteiger partial charge in [-0.15, -0.1) is 0 Å². The van der Waals surface area contributed by atoms with Gasteiger partial charge in [-0.1, -0.05) is 0 Å². The molecule has 0 aliphatic rings. The summed E-state index contributed by atoms with van der Waals surface area (Å²) in [6, 6.07) is 5.88.